The van der Waals surface area contributed by atoms with Gasteiger partial charge in [0.05, 0.1) is 31.2 Å². The van der Waals surface area contributed by atoms with Crippen molar-refractivity contribution in [2.45, 2.75) is 25.4 Å². The third-order valence-corrected chi connectivity index (χ3v) is 4.58. The molecule has 1 atom stereocenters. The summed E-state index contributed by atoms with van der Waals surface area (Å²) in [5.74, 6) is 0.531. The quantitative estimate of drug-likeness (QED) is 0.925. The zero-order valence-electron chi connectivity index (χ0n) is 13.1. The Hall–Kier alpha value is -1.89. The molecule has 0 bridgehead atoms. The van der Waals surface area contributed by atoms with Crippen LogP contribution in [0.3, 0.4) is 0 Å². The Bertz CT molecular complexity index is 751. The highest BCUT2D eigenvalue weighted by Crippen LogP contribution is 2.31. The maximum atomic E-state index is 12.5. The van der Waals surface area contributed by atoms with Gasteiger partial charge in [-0.2, -0.15) is 5.10 Å². The number of hydrogen-bond acceptors (Lipinski definition) is 4. The van der Waals surface area contributed by atoms with Crippen molar-refractivity contribution in [2.24, 2.45) is 0 Å². The van der Waals surface area contributed by atoms with Gasteiger partial charge in [0.25, 0.3) is 5.91 Å². The van der Waals surface area contributed by atoms with Crippen LogP contribution in [-0.2, 0) is 27.1 Å². The Morgan fingerprint density at radius 1 is 1.25 bits per heavy atom. The topological polar surface area (TPSA) is 65.4 Å². The minimum Gasteiger partial charge on any atom is -0.376 e. The molecule has 0 saturated carbocycles. The Morgan fingerprint density at radius 2 is 2.08 bits per heavy atom. The van der Waals surface area contributed by atoms with Crippen LogP contribution in [0.15, 0.2) is 24.3 Å². The van der Waals surface area contributed by atoms with Crippen molar-refractivity contribution in [3.05, 3.63) is 40.5 Å². The lowest BCUT2D eigenvalue weighted by Gasteiger charge is -2.22. The number of carbonyl (C=O) groups excluding carboxylic acids is 1. The number of nitrogens with one attached hydrogen (secondary N) is 1. The van der Waals surface area contributed by atoms with Crippen LogP contribution in [0.2, 0.25) is 5.02 Å². The lowest BCUT2D eigenvalue weighted by Crippen LogP contribution is -2.39. The maximum absolute atomic E-state index is 12.5. The van der Waals surface area contributed by atoms with Gasteiger partial charge in [-0.25, -0.2) is 4.68 Å². The van der Waals surface area contributed by atoms with Crippen molar-refractivity contribution in [1.29, 1.82) is 0 Å². The Kier molecular flexibility index (Phi) is 4.26. The van der Waals surface area contributed by atoms with Crippen molar-refractivity contribution < 1.29 is 14.3 Å². The van der Waals surface area contributed by atoms with E-state index in [2.05, 4.69) is 10.4 Å². The summed E-state index contributed by atoms with van der Waals surface area (Å²) in [7, 11) is 0. The van der Waals surface area contributed by atoms with Crippen LogP contribution in [0.25, 0.3) is 5.69 Å². The monoisotopic (exact) mass is 347 g/mol. The summed E-state index contributed by atoms with van der Waals surface area (Å²) in [6.45, 7) is 1.25. The predicted molar refractivity (Wildman–Crippen MR) is 89.8 cm³/mol. The van der Waals surface area contributed by atoms with Crippen LogP contribution in [-0.4, -0.2) is 41.6 Å². The summed E-state index contributed by atoms with van der Waals surface area (Å²) in [4.78, 5) is 12.5. The Morgan fingerprint density at radius 3 is 2.83 bits per heavy atom. The van der Waals surface area contributed by atoms with Gasteiger partial charge in [-0.15, -0.1) is 0 Å². The van der Waals surface area contributed by atoms with Crippen molar-refractivity contribution in [3.8, 4) is 5.69 Å². The largest absolute Gasteiger partial charge is 0.376 e. The van der Waals surface area contributed by atoms with Crippen LogP contribution in [0.1, 0.15) is 17.7 Å². The molecule has 1 saturated heterocycles. The van der Waals surface area contributed by atoms with Crippen molar-refractivity contribution >= 4 is 23.3 Å². The van der Waals surface area contributed by atoms with Gasteiger partial charge in [0.2, 0.25) is 0 Å². The van der Waals surface area contributed by atoms with Crippen LogP contribution < -0.4 is 5.32 Å². The summed E-state index contributed by atoms with van der Waals surface area (Å²) in [5.41, 5.74) is 3.01. The number of fused-ring (bicyclic) bond motifs is 1. The molecule has 1 fully saturated rings. The number of halogens is 1. The molecule has 1 aliphatic heterocycles. The van der Waals surface area contributed by atoms with Crippen molar-refractivity contribution in [2.75, 3.05) is 25.1 Å². The molecule has 2 aromatic rings. The van der Waals surface area contributed by atoms with Gasteiger partial charge in [-0.05, 0) is 43.5 Å². The second-order valence-corrected chi connectivity index (χ2v) is 6.38. The molecule has 1 N–H and O–H groups in total. The molecule has 1 aliphatic carbocycles. The van der Waals surface area contributed by atoms with Crippen LogP contribution in [0, 0.1) is 0 Å². The molecule has 1 aromatic carbocycles. The fraction of sp³-hybridized carbons (Fsp3) is 0.412. The van der Waals surface area contributed by atoms with Gasteiger partial charge in [0, 0.05) is 10.6 Å². The Labute approximate surface area is 144 Å². The molecule has 7 heteroatoms. The SMILES string of the molecule is O=C(Nc1c2c(nn1-c1ccc(Cl)cc1)CCC2)[C@@H]1COCCO1. The van der Waals surface area contributed by atoms with Crippen molar-refractivity contribution in [1.82, 2.24) is 9.78 Å². The number of aromatic nitrogens is 2. The van der Waals surface area contributed by atoms with Crippen LogP contribution in [0.5, 0.6) is 0 Å². The number of hydrogen-bond donors (Lipinski definition) is 1. The number of anilines is 1. The summed E-state index contributed by atoms with van der Waals surface area (Å²) in [6, 6.07) is 7.40. The number of amides is 1. The highest BCUT2D eigenvalue weighted by molar-refractivity contribution is 6.30. The van der Waals surface area contributed by atoms with E-state index in [0.717, 1.165) is 42.0 Å². The summed E-state index contributed by atoms with van der Waals surface area (Å²) in [5, 5.41) is 8.34. The number of benzene rings is 1. The molecule has 2 heterocycles. The third-order valence-electron chi connectivity index (χ3n) is 4.33. The fourth-order valence-corrected chi connectivity index (χ4v) is 3.25. The van der Waals surface area contributed by atoms with E-state index in [4.69, 9.17) is 21.1 Å². The van der Waals surface area contributed by atoms with Crippen LogP contribution >= 0.6 is 11.6 Å². The first-order chi connectivity index (χ1) is 11.7. The smallest absolute Gasteiger partial charge is 0.257 e. The van der Waals surface area contributed by atoms with Gasteiger partial charge in [-0.1, -0.05) is 11.6 Å². The van der Waals surface area contributed by atoms with E-state index in [1.165, 1.54) is 0 Å². The van der Waals surface area contributed by atoms with E-state index < -0.39 is 6.10 Å². The normalized spacial score (nSPS) is 20.0. The van der Waals surface area contributed by atoms with E-state index in [1.807, 2.05) is 24.3 Å². The molecule has 2 aliphatic rings. The third kappa shape index (κ3) is 2.92. The van der Waals surface area contributed by atoms with Crippen LogP contribution in [0.4, 0.5) is 5.82 Å². The molecule has 0 spiro atoms. The minimum absolute atomic E-state index is 0.195. The molecule has 0 unspecified atom stereocenters. The lowest BCUT2D eigenvalue weighted by molar-refractivity contribution is -0.142. The van der Waals surface area contributed by atoms with E-state index in [-0.39, 0.29) is 12.5 Å². The highest BCUT2D eigenvalue weighted by Gasteiger charge is 2.28. The first-order valence-corrected chi connectivity index (χ1v) is 8.47. The highest BCUT2D eigenvalue weighted by atomic mass is 35.5. The van der Waals surface area contributed by atoms with Gasteiger partial charge < -0.3 is 14.8 Å². The summed E-state index contributed by atoms with van der Waals surface area (Å²) < 4.78 is 12.6. The molecule has 1 amide bonds. The number of nitrogens with zero attached hydrogens (tertiary/aromatic N) is 2. The number of carbonyl (C=O) groups is 1. The zero-order valence-corrected chi connectivity index (χ0v) is 13.9. The van der Waals surface area contributed by atoms with Gasteiger partial charge in [0.1, 0.15) is 5.82 Å². The second-order valence-electron chi connectivity index (χ2n) is 5.94. The van der Waals surface area contributed by atoms with E-state index >= 15 is 0 Å². The van der Waals surface area contributed by atoms with Gasteiger partial charge in [0.15, 0.2) is 6.10 Å². The average molecular weight is 348 g/mol. The minimum atomic E-state index is -0.579. The van der Waals surface area contributed by atoms with E-state index in [9.17, 15) is 4.79 Å². The molecular formula is C17H18ClN3O3. The number of rotatable bonds is 3. The first-order valence-electron chi connectivity index (χ1n) is 8.09. The van der Waals surface area contributed by atoms with Gasteiger partial charge in [-0.3, -0.25) is 4.79 Å². The van der Waals surface area contributed by atoms with Gasteiger partial charge >= 0.3 is 0 Å². The standard InChI is InChI=1S/C17H18ClN3O3/c18-11-4-6-12(7-5-11)21-16(13-2-1-3-14(13)20-21)19-17(22)15-10-23-8-9-24-15/h4-7,15H,1-3,8-10H2,(H,19,22)/t15-/m0/s1. The molecule has 6 nitrogen and oxygen atoms in total. The number of ether oxygens (including phenoxy) is 2. The molecule has 24 heavy (non-hydrogen) atoms. The fourth-order valence-electron chi connectivity index (χ4n) is 3.13. The van der Waals surface area contributed by atoms with E-state index in [1.54, 1.807) is 4.68 Å². The van der Waals surface area contributed by atoms with E-state index in [0.29, 0.717) is 18.2 Å². The summed E-state index contributed by atoms with van der Waals surface area (Å²) >= 11 is 5.97. The first kappa shape index (κ1) is 15.6. The second kappa shape index (κ2) is 6.55. The Balaban J connectivity index is 1.65. The zero-order chi connectivity index (χ0) is 16.5. The molecular weight excluding hydrogens is 330 g/mol. The summed E-state index contributed by atoms with van der Waals surface area (Å²) in [6.07, 6.45) is 2.33. The molecule has 126 valence electrons. The lowest BCUT2D eigenvalue weighted by atomic mass is 10.2. The molecule has 4 rings (SSSR count). The molecule has 1 aromatic heterocycles. The maximum Gasteiger partial charge on any atom is 0.257 e. The average Bonchev–Trinajstić information content (AvgIpc) is 3.19. The molecule has 0 radical (unpaired) electrons. The number of aryl methyl sites for hydroxylation is 1. The predicted octanol–water partition coefficient (Wildman–Crippen LogP) is 2.37. The van der Waals surface area contributed by atoms with Crippen molar-refractivity contribution in [3.63, 3.8) is 0 Å².